The molecule has 0 saturated carbocycles. The minimum Gasteiger partial charge on any atom is -0.398 e. The van der Waals surface area contributed by atoms with E-state index >= 15 is 0 Å². The molecule has 0 saturated heterocycles. The van der Waals surface area contributed by atoms with E-state index in [0.29, 0.717) is 6.04 Å². The Morgan fingerprint density at radius 3 is 2.81 bits per heavy atom. The predicted molar refractivity (Wildman–Crippen MR) is 72.8 cm³/mol. The zero-order valence-corrected chi connectivity index (χ0v) is 11.3. The molecule has 0 spiro atoms. The molecule has 0 atom stereocenters. The number of anilines is 1. The molecule has 92 valence electrons. The average Bonchev–Trinajstić information content (AvgIpc) is 2.63. The van der Waals surface area contributed by atoms with Crippen LogP contribution in [0.2, 0.25) is 0 Å². The Morgan fingerprint density at radius 2 is 2.25 bits per heavy atom. The number of rotatable bonds is 7. The molecule has 0 amide bonds. The summed E-state index contributed by atoms with van der Waals surface area (Å²) in [5.41, 5.74) is 6.72. The van der Waals surface area contributed by atoms with Crippen LogP contribution < -0.4 is 11.1 Å². The molecule has 0 aliphatic carbocycles. The lowest BCUT2D eigenvalue weighted by molar-refractivity contribution is 0.269. The summed E-state index contributed by atoms with van der Waals surface area (Å²) in [5.74, 6) is 0. The Morgan fingerprint density at radius 1 is 1.50 bits per heavy atom. The third kappa shape index (κ3) is 4.51. The van der Waals surface area contributed by atoms with Gasteiger partial charge in [0.25, 0.3) is 0 Å². The molecule has 3 nitrogen and oxygen atoms in total. The highest BCUT2D eigenvalue weighted by molar-refractivity contribution is 7.10. The first-order valence-electron chi connectivity index (χ1n) is 5.84. The van der Waals surface area contributed by atoms with Gasteiger partial charge < -0.3 is 16.0 Å². The second kappa shape index (κ2) is 6.89. The van der Waals surface area contributed by atoms with E-state index in [1.54, 1.807) is 11.3 Å². The lowest BCUT2D eigenvalue weighted by atomic mass is 10.3. The highest BCUT2D eigenvalue weighted by Crippen LogP contribution is 2.17. The fraction of sp³-hybridized carbons (Fsp3) is 0.667. The summed E-state index contributed by atoms with van der Waals surface area (Å²) in [6.07, 6.45) is 1.18. The van der Waals surface area contributed by atoms with E-state index in [2.05, 4.69) is 31.1 Å². The maximum atomic E-state index is 5.81. The van der Waals surface area contributed by atoms with Crippen LogP contribution in [0.3, 0.4) is 0 Å². The van der Waals surface area contributed by atoms with Crippen molar-refractivity contribution in [2.45, 2.75) is 32.9 Å². The van der Waals surface area contributed by atoms with Gasteiger partial charge in [-0.2, -0.15) is 0 Å². The van der Waals surface area contributed by atoms with Gasteiger partial charge >= 0.3 is 0 Å². The monoisotopic (exact) mass is 241 g/mol. The van der Waals surface area contributed by atoms with E-state index < -0.39 is 0 Å². The van der Waals surface area contributed by atoms with E-state index in [4.69, 9.17) is 5.73 Å². The molecule has 1 aromatic heterocycles. The maximum absolute atomic E-state index is 5.81. The third-order valence-corrected chi connectivity index (χ3v) is 3.75. The van der Waals surface area contributed by atoms with Gasteiger partial charge in [-0.15, -0.1) is 11.3 Å². The zero-order valence-electron chi connectivity index (χ0n) is 10.5. The summed E-state index contributed by atoms with van der Waals surface area (Å²) in [7, 11) is 2.17. The van der Waals surface area contributed by atoms with Crippen LogP contribution in [0.4, 0.5) is 5.69 Å². The van der Waals surface area contributed by atoms with Crippen LogP contribution in [0.25, 0.3) is 0 Å². The molecular formula is C12H23N3S. The second-order valence-corrected chi connectivity index (χ2v) is 5.40. The first-order chi connectivity index (χ1) is 7.61. The molecule has 1 rings (SSSR count). The smallest absolute Gasteiger partial charge is 0.0468 e. The van der Waals surface area contributed by atoms with Crippen molar-refractivity contribution < 1.29 is 0 Å². The number of nitrogens with zero attached hydrogens (tertiary/aromatic N) is 1. The lowest BCUT2D eigenvalue weighted by Crippen LogP contribution is -2.29. The normalized spacial score (nSPS) is 11.6. The molecule has 0 fully saturated rings. The molecule has 0 aromatic carbocycles. The van der Waals surface area contributed by atoms with E-state index in [-0.39, 0.29) is 0 Å². The van der Waals surface area contributed by atoms with Crippen LogP contribution in [0, 0.1) is 0 Å². The van der Waals surface area contributed by atoms with E-state index in [1.807, 2.05) is 11.4 Å². The molecular weight excluding hydrogens is 218 g/mol. The standard InChI is InChI=1S/C12H23N3S/c1-10(2)15(3)7-4-6-14-9-12-11(13)5-8-16-12/h5,8,10,14H,4,6-7,9,13H2,1-3H3. The van der Waals surface area contributed by atoms with Crippen molar-refractivity contribution >= 4 is 17.0 Å². The molecule has 16 heavy (non-hydrogen) atoms. The minimum atomic E-state index is 0.632. The Hall–Kier alpha value is -0.580. The van der Waals surface area contributed by atoms with Crippen molar-refractivity contribution in [3.63, 3.8) is 0 Å². The van der Waals surface area contributed by atoms with Gasteiger partial charge in [0, 0.05) is 23.2 Å². The van der Waals surface area contributed by atoms with Crippen molar-refractivity contribution in [1.82, 2.24) is 10.2 Å². The Kier molecular flexibility index (Phi) is 5.80. The van der Waals surface area contributed by atoms with Gasteiger partial charge in [-0.25, -0.2) is 0 Å². The van der Waals surface area contributed by atoms with Gasteiger partial charge in [-0.05, 0) is 51.9 Å². The SMILES string of the molecule is CC(C)N(C)CCCNCc1sccc1N. The van der Waals surface area contributed by atoms with Crippen molar-refractivity contribution in [3.05, 3.63) is 16.3 Å². The Labute approximate surface area is 103 Å². The fourth-order valence-electron chi connectivity index (χ4n) is 1.41. The Bertz CT molecular complexity index is 296. The first-order valence-corrected chi connectivity index (χ1v) is 6.72. The van der Waals surface area contributed by atoms with Gasteiger partial charge in [0.05, 0.1) is 0 Å². The highest BCUT2D eigenvalue weighted by atomic mass is 32.1. The van der Waals surface area contributed by atoms with Gasteiger partial charge in [-0.1, -0.05) is 0 Å². The largest absolute Gasteiger partial charge is 0.398 e. The summed E-state index contributed by atoms with van der Waals surface area (Å²) in [6, 6.07) is 2.60. The molecule has 1 aromatic rings. The van der Waals surface area contributed by atoms with E-state index in [1.165, 1.54) is 11.3 Å². The van der Waals surface area contributed by atoms with Crippen molar-refractivity contribution in [2.24, 2.45) is 0 Å². The van der Waals surface area contributed by atoms with Gasteiger partial charge in [0.15, 0.2) is 0 Å². The molecule has 0 aliphatic heterocycles. The average molecular weight is 241 g/mol. The summed E-state index contributed by atoms with van der Waals surface area (Å²) in [5, 5.41) is 5.47. The molecule has 3 N–H and O–H groups in total. The number of nitrogens with one attached hydrogen (secondary N) is 1. The molecule has 0 bridgehead atoms. The van der Waals surface area contributed by atoms with E-state index in [9.17, 15) is 0 Å². The summed E-state index contributed by atoms with van der Waals surface area (Å²) < 4.78 is 0. The maximum Gasteiger partial charge on any atom is 0.0468 e. The van der Waals surface area contributed by atoms with Crippen LogP contribution in [0.1, 0.15) is 25.1 Å². The van der Waals surface area contributed by atoms with Gasteiger partial charge in [0.1, 0.15) is 0 Å². The van der Waals surface area contributed by atoms with Crippen molar-refractivity contribution in [2.75, 3.05) is 25.9 Å². The van der Waals surface area contributed by atoms with Crippen LogP contribution >= 0.6 is 11.3 Å². The van der Waals surface area contributed by atoms with E-state index in [0.717, 1.165) is 25.3 Å². The van der Waals surface area contributed by atoms with Crippen molar-refractivity contribution in [3.8, 4) is 0 Å². The number of thiophene rings is 1. The zero-order chi connectivity index (χ0) is 12.0. The quantitative estimate of drug-likeness (QED) is 0.719. The fourth-order valence-corrected chi connectivity index (χ4v) is 2.18. The van der Waals surface area contributed by atoms with Crippen molar-refractivity contribution in [1.29, 1.82) is 0 Å². The molecule has 0 radical (unpaired) electrons. The van der Waals surface area contributed by atoms with Crippen LogP contribution in [0.15, 0.2) is 11.4 Å². The number of hydrogen-bond acceptors (Lipinski definition) is 4. The van der Waals surface area contributed by atoms with Gasteiger partial charge in [0.2, 0.25) is 0 Å². The predicted octanol–water partition coefficient (Wildman–Crippen LogP) is 2.15. The topological polar surface area (TPSA) is 41.3 Å². The summed E-state index contributed by atoms with van der Waals surface area (Å²) in [4.78, 5) is 3.61. The third-order valence-electron chi connectivity index (χ3n) is 2.81. The van der Waals surface area contributed by atoms with Gasteiger partial charge in [-0.3, -0.25) is 0 Å². The number of hydrogen-bond donors (Lipinski definition) is 2. The second-order valence-electron chi connectivity index (χ2n) is 4.40. The first kappa shape index (κ1) is 13.5. The summed E-state index contributed by atoms with van der Waals surface area (Å²) >= 11 is 1.72. The minimum absolute atomic E-state index is 0.632. The molecule has 0 unspecified atom stereocenters. The highest BCUT2D eigenvalue weighted by Gasteiger charge is 2.02. The van der Waals surface area contributed by atoms with Crippen LogP contribution in [0.5, 0.6) is 0 Å². The molecule has 0 aliphatic rings. The lowest BCUT2D eigenvalue weighted by Gasteiger charge is -2.20. The molecule has 1 heterocycles. The number of nitrogen functional groups attached to an aromatic ring is 1. The van der Waals surface area contributed by atoms with Crippen LogP contribution in [-0.2, 0) is 6.54 Å². The number of nitrogens with two attached hydrogens (primary N) is 1. The molecule has 4 heteroatoms. The van der Waals surface area contributed by atoms with Crippen LogP contribution in [-0.4, -0.2) is 31.1 Å². The Balaban J connectivity index is 2.07. The summed E-state index contributed by atoms with van der Waals surface area (Å²) in [6.45, 7) is 7.54.